The number of pyridine rings is 1. The Morgan fingerprint density at radius 2 is 1.08 bits per heavy atom. The fourth-order valence-corrected chi connectivity index (χ4v) is 9.77. The monoisotopic (exact) mass is 1220 g/mol. The Morgan fingerprint density at radius 1 is 0.560 bits per heavy atom. The number of imidazole rings is 1. The highest BCUT2D eigenvalue weighted by Crippen LogP contribution is 2.28. The summed E-state index contributed by atoms with van der Waals surface area (Å²) in [4.78, 5) is 67.9. The van der Waals surface area contributed by atoms with Crippen molar-refractivity contribution in [3.8, 4) is 17.0 Å². The molecule has 438 valence electrons. The molecule has 5 atom stereocenters. The van der Waals surface area contributed by atoms with Crippen LogP contribution in [0.25, 0.3) is 43.1 Å². The van der Waals surface area contributed by atoms with Gasteiger partial charge in [0.05, 0.1) is 17.7 Å². The zero-order valence-electron chi connectivity index (χ0n) is 45.5. The number of benzene rings is 5. The topological polar surface area (TPSA) is 399 Å². The van der Waals surface area contributed by atoms with E-state index in [0.29, 0.717) is 18.5 Å². The number of aromatic nitrogens is 5. The van der Waals surface area contributed by atoms with Gasteiger partial charge in [-0.2, -0.15) is 0 Å². The number of hydrogen-bond acceptors (Lipinski definition) is 14. The van der Waals surface area contributed by atoms with Gasteiger partial charge in [-0.25, -0.2) is 4.98 Å². The molecule has 0 saturated heterocycles. The highest BCUT2D eigenvalue weighted by molar-refractivity contribution is 9.10. The number of hydrogen-bond donors (Lipinski definition) is 13. The molecule has 5 heterocycles. The predicted molar refractivity (Wildman–Crippen MR) is 327 cm³/mol. The van der Waals surface area contributed by atoms with Gasteiger partial charge in [-0.1, -0.05) is 94.8 Å². The van der Waals surface area contributed by atoms with Crippen LogP contribution < -0.4 is 28.7 Å². The number of nitrogens with zero attached hydrogens (tertiary/aromatic N) is 3. The number of nitrogens with one attached hydrogen (secondary N) is 2. The number of phenolic OH excluding ortho intramolecular Hbond substituents is 1. The number of carbonyl (C=O) groups is 5. The molecule has 23 heteroatoms. The van der Waals surface area contributed by atoms with Gasteiger partial charge < -0.3 is 73.8 Å². The van der Waals surface area contributed by atoms with Crippen LogP contribution in [0.2, 0.25) is 0 Å². The first kappa shape index (κ1) is 64.1. The molecule has 84 heavy (non-hydrogen) atoms. The zero-order valence-corrected chi connectivity index (χ0v) is 47.9. The summed E-state index contributed by atoms with van der Waals surface area (Å²) in [5.74, 6) is -4.82. The molecule has 21 nitrogen and oxygen atoms in total. The third kappa shape index (κ3) is 19.0. The number of nitrogens with two attached hydrogens (primary N) is 5. The summed E-state index contributed by atoms with van der Waals surface area (Å²) in [6.45, 7) is 2.75. The molecule has 5 aromatic carbocycles. The lowest BCUT2D eigenvalue weighted by molar-refractivity contribution is -0.139. The van der Waals surface area contributed by atoms with Crippen molar-refractivity contribution in [2.75, 3.05) is 0 Å². The fraction of sp³-hybridized carbons (Fsp3) is 0.197. The molecule has 18 N–H and O–H groups in total. The van der Waals surface area contributed by atoms with E-state index in [-0.39, 0.29) is 25.0 Å². The normalized spacial score (nSPS) is 12.6. The Balaban J connectivity index is 0.000000169. The van der Waals surface area contributed by atoms with Crippen LogP contribution >= 0.6 is 27.3 Å². The Labute approximate surface area is 494 Å². The Kier molecular flexibility index (Phi) is 23.5. The van der Waals surface area contributed by atoms with E-state index in [1.54, 1.807) is 54.5 Å². The van der Waals surface area contributed by atoms with E-state index in [0.717, 1.165) is 77.3 Å². The molecule has 10 rings (SSSR count). The number of fused-ring (bicyclic) bond motifs is 3. The number of aryl methyl sites for hydroxylation is 1. The summed E-state index contributed by atoms with van der Waals surface area (Å²) in [5, 5.41) is 58.0. The maximum atomic E-state index is 10.7. The lowest BCUT2D eigenvalue weighted by Gasteiger charge is -2.08. The van der Waals surface area contributed by atoms with Crippen molar-refractivity contribution in [1.82, 2.24) is 24.5 Å². The molecule has 0 aliphatic rings. The Bertz CT molecular complexity index is 3710. The number of H-pyrrole nitrogens is 2. The Morgan fingerprint density at radius 3 is 1.67 bits per heavy atom. The minimum Gasteiger partial charge on any atom is -0.508 e. The van der Waals surface area contributed by atoms with Crippen molar-refractivity contribution < 1.29 is 54.6 Å². The fourth-order valence-electron chi connectivity index (χ4n) is 8.43. The number of aromatic amines is 2. The van der Waals surface area contributed by atoms with Crippen LogP contribution in [0.3, 0.4) is 0 Å². The maximum absolute atomic E-state index is 10.7. The first-order valence-corrected chi connectivity index (χ1v) is 27.7. The molecule has 0 saturated carbocycles. The number of thiophene rings is 1. The smallest absolute Gasteiger partial charge is 0.320 e. The first-order chi connectivity index (χ1) is 40.1. The van der Waals surface area contributed by atoms with Crippen LogP contribution in [0, 0.1) is 6.92 Å². The van der Waals surface area contributed by atoms with Crippen molar-refractivity contribution in [2.24, 2.45) is 28.7 Å². The summed E-state index contributed by atoms with van der Waals surface area (Å²) in [6.07, 6.45) is 10.2. The molecule has 0 amide bonds. The summed E-state index contributed by atoms with van der Waals surface area (Å²) < 4.78 is 4.05. The first-order valence-electron chi connectivity index (χ1n) is 26.0. The largest absolute Gasteiger partial charge is 0.508 e. The third-order valence-electron chi connectivity index (χ3n) is 13.0. The molecular weight excluding hydrogens is 1160 g/mol. The van der Waals surface area contributed by atoms with Crippen molar-refractivity contribution in [2.45, 2.75) is 75.8 Å². The zero-order chi connectivity index (χ0) is 61.0. The van der Waals surface area contributed by atoms with Crippen molar-refractivity contribution in [1.29, 1.82) is 0 Å². The molecule has 0 aliphatic carbocycles. The summed E-state index contributed by atoms with van der Waals surface area (Å²) >= 11 is 5.00. The molecule has 0 spiro atoms. The van der Waals surface area contributed by atoms with Crippen LogP contribution in [0.5, 0.6) is 5.75 Å². The Hall–Kier alpha value is -9.07. The van der Waals surface area contributed by atoms with Crippen molar-refractivity contribution in [3.63, 3.8) is 0 Å². The van der Waals surface area contributed by atoms with E-state index >= 15 is 0 Å². The molecule has 0 bridgehead atoms. The molecule has 0 radical (unpaired) electrons. The second-order valence-electron chi connectivity index (χ2n) is 19.4. The van der Waals surface area contributed by atoms with Gasteiger partial charge in [0, 0.05) is 87.1 Å². The highest BCUT2D eigenvalue weighted by Gasteiger charge is 2.18. The van der Waals surface area contributed by atoms with Crippen molar-refractivity contribution in [3.05, 3.63) is 207 Å². The van der Waals surface area contributed by atoms with E-state index in [1.807, 2.05) is 132 Å². The summed E-state index contributed by atoms with van der Waals surface area (Å²) in [5.41, 5.74) is 37.8. The van der Waals surface area contributed by atoms with Gasteiger partial charge in [0.2, 0.25) is 0 Å². The number of halogens is 1. The maximum Gasteiger partial charge on any atom is 0.320 e. The van der Waals surface area contributed by atoms with E-state index in [9.17, 15) is 29.1 Å². The molecule has 5 aromatic heterocycles. The van der Waals surface area contributed by atoms with Gasteiger partial charge in [0.15, 0.2) is 0 Å². The van der Waals surface area contributed by atoms with Gasteiger partial charge >= 0.3 is 29.8 Å². The van der Waals surface area contributed by atoms with Gasteiger partial charge in [-0.15, -0.1) is 11.3 Å². The number of carboxylic acid groups (broad SMARTS) is 5. The third-order valence-corrected chi connectivity index (χ3v) is 14.5. The SMILES string of the molecule is Cc1ccccc1-c1ccc(C[C@H](N)C(=O)O)cn1.NC(Cc1c[nH]c2ccc(Br)cc12)C(=O)O.N[C@@H](Cc1c[nH]c2ccc(O)cc12)C(=O)O.N[C@@H](Cc1cn(Cc2ccccc2)cn1)C(=O)O.N[C@@H](Cc1csc2ccccc12)C(=O)O. The average molecular weight is 1230 g/mol. The molecule has 10 aromatic rings. The van der Waals surface area contributed by atoms with Crippen LogP contribution in [-0.2, 0) is 62.6 Å². The molecule has 1 unspecified atom stereocenters. The average Bonchev–Trinajstić information content (AvgIpc) is 4.38. The second kappa shape index (κ2) is 30.8. The number of rotatable bonds is 18. The van der Waals surface area contributed by atoms with Gasteiger partial charge in [0.25, 0.3) is 0 Å². The standard InChI is InChI=1S/C15H16N2O2.C13H15N3O2.C11H11BrN2O2.C11H12N2O3.C11H11NO2S/c1-10-4-2-3-5-12(10)14-7-6-11(9-17-14)8-13(16)15(18)19;14-12(13(17)18)6-11-8-16(9-15-11)7-10-4-2-1-3-5-10;12-7-1-2-10-8(4-7)6(5-14-10)3-9(13)11(15)16;12-9(11(15)16)3-6-5-13-10-2-1-7(14)4-8(6)10;12-9(11(13)14)5-7-6-15-10-4-2-1-3-8(7)10/h2-7,9,13H,8,16H2,1H3,(H,18,19);1-5,8-9,12H,6-7,14H2,(H,17,18);1-2,4-5,9,14H,3,13H2,(H,15,16);1-2,4-5,9,13-14H,3,12H2,(H,15,16);1-4,6,9H,5,12H2,(H,13,14)/t13-;12-;;2*9-/m00.00/s1. The summed E-state index contributed by atoms with van der Waals surface area (Å²) in [7, 11) is 0. The quantitative estimate of drug-likeness (QED) is 0.0396. The highest BCUT2D eigenvalue weighted by atomic mass is 79.9. The lowest BCUT2D eigenvalue weighted by atomic mass is 10.0. The van der Waals surface area contributed by atoms with Crippen molar-refractivity contribution >= 4 is 89.0 Å². The number of aromatic hydroxyl groups is 1. The van der Waals surface area contributed by atoms with E-state index in [4.69, 9.17) is 54.2 Å². The number of carboxylic acids is 5. The van der Waals surface area contributed by atoms with E-state index < -0.39 is 60.1 Å². The van der Waals surface area contributed by atoms with Gasteiger partial charge in [0.1, 0.15) is 36.0 Å². The van der Waals surface area contributed by atoms with E-state index in [1.165, 1.54) is 10.3 Å². The molecular formula is C61H65BrN10O11S. The summed E-state index contributed by atoms with van der Waals surface area (Å²) in [6, 6.07) is 36.0. The number of phenols is 1. The minimum atomic E-state index is -1.03. The molecule has 0 aliphatic heterocycles. The van der Waals surface area contributed by atoms with E-state index in [2.05, 4.69) is 35.9 Å². The van der Waals surface area contributed by atoms with Crippen LogP contribution in [0.1, 0.15) is 39.1 Å². The second-order valence-corrected chi connectivity index (χ2v) is 21.3. The minimum absolute atomic E-state index is 0.150. The van der Waals surface area contributed by atoms with Gasteiger partial charge in [-0.3, -0.25) is 29.0 Å². The lowest BCUT2D eigenvalue weighted by Crippen LogP contribution is -2.32. The predicted octanol–water partition coefficient (Wildman–Crippen LogP) is 7.47. The number of aliphatic carboxylic acids is 5. The molecule has 0 fully saturated rings. The van der Waals surface area contributed by atoms with Gasteiger partial charge in [-0.05, 0) is 112 Å². The van der Waals surface area contributed by atoms with Crippen LogP contribution in [-0.4, -0.2) is 115 Å². The van der Waals surface area contributed by atoms with Crippen LogP contribution in [0.4, 0.5) is 0 Å². The van der Waals surface area contributed by atoms with Crippen LogP contribution in [0.15, 0.2) is 168 Å².